The number of piperidine rings is 1. The van der Waals surface area contributed by atoms with E-state index in [1.54, 1.807) is 0 Å². The van der Waals surface area contributed by atoms with Crippen LogP contribution in [-0.4, -0.2) is 50.6 Å². The van der Waals surface area contributed by atoms with E-state index in [2.05, 4.69) is 10.6 Å². The van der Waals surface area contributed by atoms with Crippen LogP contribution in [0.2, 0.25) is 0 Å². The molecule has 2 saturated heterocycles. The third-order valence-electron chi connectivity index (χ3n) is 2.16. The SMILES string of the molecule is C1COCCN1.CC.OC1CCNCC1. The van der Waals surface area contributed by atoms with E-state index in [-0.39, 0.29) is 6.10 Å². The Morgan fingerprint density at radius 2 is 1.40 bits per heavy atom. The first kappa shape index (κ1) is 14.8. The van der Waals surface area contributed by atoms with Gasteiger partial charge in [-0.15, -0.1) is 0 Å². The molecule has 0 unspecified atom stereocenters. The van der Waals surface area contributed by atoms with E-state index in [4.69, 9.17) is 9.84 Å². The molecule has 0 radical (unpaired) electrons. The monoisotopic (exact) mass is 218 g/mol. The molecular weight excluding hydrogens is 192 g/mol. The van der Waals surface area contributed by atoms with E-state index in [1.165, 1.54) is 0 Å². The molecule has 2 aliphatic rings. The smallest absolute Gasteiger partial charge is 0.0591 e. The van der Waals surface area contributed by atoms with E-state index >= 15 is 0 Å². The molecule has 0 spiro atoms. The lowest BCUT2D eigenvalue weighted by atomic mass is 10.1. The molecule has 15 heavy (non-hydrogen) atoms. The van der Waals surface area contributed by atoms with Crippen LogP contribution in [0.1, 0.15) is 26.7 Å². The Balaban J connectivity index is 0.000000227. The highest BCUT2D eigenvalue weighted by atomic mass is 16.5. The summed E-state index contributed by atoms with van der Waals surface area (Å²) < 4.78 is 5.01. The van der Waals surface area contributed by atoms with Gasteiger partial charge in [0.1, 0.15) is 0 Å². The summed E-state index contributed by atoms with van der Waals surface area (Å²) in [6.07, 6.45) is 1.83. The third kappa shape index (κ3) is 10.1. The summed E-state index contributed by atoms with van der Waals surface area (Å²) in [7, 11) is 0. The van der Waals surface area contributed by atoms with Crippen molar-refractivity contribution in [2.45, 2.75) is 32.8 Å². The predicted molar refractivity (Wildman–Crippen MR) is 63.1 cm³/mol. The Labute approximate surface area is 93.4 Å². The van der Waals surface area contributed by atoms with Crippen molar-refractivity contribution >= 4 is 0 Å². The molecule has 0 aromatic carbocycles. The van der Waals surface area contributed by atoms with Gasteiger partial charge in [-0.1, -0.05) is 13.8 Å². The first-order valence-electron chi connectivity index (χ1n) is 6.07. The molecule has 92 valence electrons. The van der Waals surface area contributed by atoms with Gasteiger partial charge in [0, 0.05) is 13.1 Å². The zero-order valence-corrected chi connectivity index (χ0v) is 10.1. The highest BCUT2D eigenvalue weighted by Crippen LogP contribution is 1.99. The molecule has 2 fully saturated rings. The number of aliphatic hydroxyl groups is 1. The van der Waals surface area contributed by atoms with Crippen LogP contribution in [0.15, 0.2) is 0 Å². The highest BCUT2D eigenvalue weighted by Gasteiger charge is 2.06. The van der Waals surface area contributed by atoms with Gasteiger partial charge in [0.25, 0.3) is 0 Å². The first-order valence-corrected chi connectivity index (χ1v) is 6.07. The Bertz CT molecular complexity index is 102. The zero-order valence-electron chi connectivity index (χ0n) is 10.1. The first-order chi connectivity index (χ1) is 7.39. The summed E-state index contributed by atoms with van der Waals surface area (Å²) in [5.41, 5.74) is 0. The zero-order chi connectivity index (χ0) is 11.4. The molecule has 2 rings (SSSR count). The summed E-state index contributed by atoms with van der Waals surface area (Å²) in [5.74, 6) is 0. The van der Waals surface area contributed by atoms with Gasteiger partial charge in [-0.05, 0) is 25.9 Å². The third-order valence-corrected chi connectivity index (χ3v) is 2.16. The Morgan fingerprint density at radius 3 is 1.60 bits per heavy atom. The maximum Gasteiger partial charge on any atom is 0.0591 e. The molecule has 0 atom stereocenters. The van der Waals surface area contributed by atoms with Crippen molar-refractivity contribution in [2.75, 3.05) is 39.4 Å². The fourth-order valence-corrected chi connectivity index (χ4v) is 1.32. The van der Waals surface area contributed by atoms with Crippen molar-refractivity contribution in [3.05, 3.63) is 0 Å². The van der Waals surface area contributed by atoms with Gasteiger partial charge < -0.3 is 20.5 Å². The molecule has 0 amide bonds. The summed E-state index contributed by atoms with van der Waals surface area (Å²) >= 11 is 0. The van der Waals surface area contributed by atoms with Crippen molar-refractivity contribution in [3.63, 3.8) is 0 Å². The molecule has 0 bridgehead atoms. The van der Waals surface area contributed by atoms with Gasteiger partial charge in [0.15, 0.2) is 0 Å². The van der Waals surface area contributed by atoms with Crippen LogP contribution >= 0.6 is 0 Å². The second-order valence-corrected chi connectivity index (χ2v) is 3.34. The van der Waals surface area contributed by atoms with Crippen molar-refractivity contribution in [1.82, 2.24) is 10.6 Å². The lowest BCUT2D eigenvalue weighted by molar-refractivity contribution is 0.109. The summed E-state index contributed by atoms with van der Waals surface area (Å²) in [6, 6.07) is 0. The van der Waals surface area contributed by atoms with Gasteiger partial charge in [-0.2, -0.15) is 0 Å². The maximum atomic E-state index is 8.87. The van der Waals surface area contributed by atoms with E-state index in [0.29, 0.717) is 0 Å². The standard InChI is InChI=1S/C5H11NO.C4H9NO.C2H6/c7-5-1-3-6-4-2-5;1-3-6-4-2-5-1;1-2/h5-7H,1-4H2;5H,1-4H2;1-2H3. The predicted octanol–water partition coefficient (Wildman–Crippen LogP) is 0.363. The minimum Gasteiger partial charge on any atom is -0.393 e. The Morgan fingerprint density at radius 1 is 0.933 bits per heavy atom. The highest BCUT2D eigenvalue weighted by molar-refractivity contribution is 4.65. The number of ether oxygens (including phenoxy) is 1. The van der Waals surface area contributed by atoms with Crippen LogP contribution in [0.4, 0.5) is 0 Å². The van der Waals surface area contributed by atoms with Crippen LogP contribution < -0.4 is 10.6 Å². The van der Waals surface area contributed by atoms with Gasteiger partial charge >= 0.3 is 0 Å². The van der Waals surface area contributed by atoms with E-state index in [0.717, 1.165) is 52.2 Å². The largest absolute Gasteiger partial charge is 0.393 e. The maximum absolute atomic E-state index is 8.87. The quantitative estimate of drug-likeness (QED) is 0.550. The molecule has 3 N–H and O–H groups in total. The van der Waals surface area contributed by atoms with Crippen LogP contribution in [-0.2, 0) is 4.74 Å². The molecule has 2 heterocycles. The van der Waals surface area contributed by atoms with Crippen molar-refractivity contribution in [1.29, 1.82) is 0 Å². The minimum atomic E-state index is -0.0266. The number of nitrogens with one attached hydrogen (secondary N) is 2. The van der Waals surface area contributed by atoms with Crippen LogP contribution in [0.5, 0.6) is 0 Å². The lowest BCUT2D eigenvalue weighted by Gasteiger charge is -2.16. The summed E-state index contributed by atoms with van der Waals surface area (Å²) in [5, 5.41) is 15.2. The molecule has 0 aliphatic carbocycles. The molecule has 4 heteroatoms. The van der Waals surface area contributed by atoms with E-state index in [9.17, 15) is 0 Å². The molecule has 0 saturated carbocycles. The molecular formula is C11H26N2O2. The Kier molecular flexibility index (Phi) is 11.8. The molecule has 0 aromatic heterocycles. The second-order valence-electron chi connectivity index (χ2n) is 3.34. The van der Waals surface area contributed by atoms with Gasteiger partial charge in [-0.25, -0.2) is 0 Å². The van der Waals surface area contributed by atoms with Crippen LogP contribution in [0, 0.1) is 0 Å². The molecule has 0 aromatic rings. The average molecular weight is 218 g/mol. The van der Waals surface area contributed by atoms with Crippen LogP contribution in [0.3, 0.4) is 0 Å². The fourth-order valence-electron chi connectivity index (χ4n) is 1.32. The number of morpholine rings is 1. The van der Waals surface area contributed by atoms with Gasteiger partial charge in [0.2, 0.25) is 0 Å². The van der Waals surface area contributed by atoms with Crippen molar-refractivity contribution in [2.24, 2.45) is 0 Å². The number of hydrogen-bond donors (Lipinski definition) is 3. The topological polar surface area (TPSA) is 53.5 Å². The average Bonchev–Trinajstić information content (AvgIpc) is 2.36. The normalized spacial score (nSPS) is 21.8. The van der Waals surface area contributed by atoms with Crippen LogP contribution in [0.25, 0.3) is 0 Å². The van der Waals surface area contributed by atoms with Crippen molar-refractivity contribution < 1.29 is 9.84 Å². The lowest BCUT2D eigenvalue weighted by Crippen LogP contribution is -2.30. The minimum absolute atomic E-state index is 0.0266. The van der Waals surface area contributed by atoms with E-state index < -0.39 is 0 Å². The molecule has 2 aliphatic heterocycles. The molecule has 4 nitrogen and oxygen atoms in total. The fraction of sp³-hybridized carbons (Fsp3) is 1.00. The number of rotatable bonds is 0. The number of hydrogen-bond acceptors (Lipinski definition) is 4. The Hall–Kier alpha value is -0.160. The number of aliphatic hydroxyl groups excluding tert-OH is 1. The summed E-state index contributed by atoms with van der Waals surface area (Å²) in [4.78, 5) is 0. The summed E-state index contributed by atoms with van der Waals surface area (Å²) in [6.45, 7) is 9.81. The van der Waals surface area contributed by atoms with Gasteiger partial charge in [0.05, 0.1) is 19.3 Å². The van der Waals surface area contributed by atoms with Crippen molar-refractivity contribution in [3.8, 4) is 0 Å². The second kappa shape index (κ2) is 11.9. The van der Waals surface area contributed by atoms with E-state index in [1.807, 2.05) is 13.8 Å². The van der Waals surface area contributed by atoms with Gasteiger partial charge in [-0.3, -0.25) is 0 Å².